The lowest BCUT2D eigenvalue weighted by molar-refractivity contribution is -0.144. The van der Waals surface area contributed by atoms with E-state index in [2.05, 4.69) is 17.1 Å². The maximum Gasteiger partial charge on any atom is 0.323 e. The quantitative estimate of drug-likeness (QED) is 0.773. The summed E-state index contributed by atoms with van der Waals surface area (Å²) in [6, 6.07) is 0.381. The number of hydrogen-bond acceptors (Lipinski definition) is 4. The third-order valence-corrected chi connectivity index (χ3v) is 4.86. The predicted molar refractivity (Wildman–Crippen MR) is 77.9 cm³/mol. The van der Waals surface area contributed by atoms with Crippen LogP contribution in [0.4, 0.5) is 0 Å². The van der Waals surface area contributed by atoms with Gasteiger partial charge in [0.15, 0.2) is 0 Å². The van der Waals surface area contributed by atoms with Gasteiger partial charge >= 0.3 is 5.97 Å². The van der Waals surface area contributed by atoms with E-state index in [0.717, 1.165) is 51.8 Å². The fourth-order valence-corrected chi connectivity index (χ4v) is 3.58. The largest absolute Gasteiger partial charge is 0.480 e. The predicted octanol–water partition coefficient (Wildman–Crippen LogP) is 1.47. The van der Waals surface area contributed by atoms with Crippen LogP contribution in [0.15, 0.2) is 0 Å². The Morgan fingerprint density at radius 3 is 2.90 bits per heavy atom. The first-order valence-corrected chi connectivity index (χ1v) is 7.89. The molecule has 0 radical (unpaired) electrons. The van der Waals surface area contributed by atoms with Gasteiger partial charge in [0.25, 0.3) is 0 Å². The van der Waals surface area contributed by atoms with Crippen LogP contribution < -0.4 is 5.32 Å². The molecule has 1 saturated heterocycles. The minimum atomic E-state index is -0.720. The van der Waals surface area contributed by atoms with Crippen LogP contribution in [0.2, 0.25) is 0 Å². The Morgan fingerprint density at radius 1 is 1.50 bits per heavy atom. The van der Waals surface area contributed by atoms with Crippen LogP contribution in [0.25, 0.3) is 0 Å². The van der Waals surface area contributed by atoms with Crippen molar-refractivity contribution in [3.05, 3.63) is 0 Å². The molecule has 116 valence electrons. The van der Waals surface area contributed by atoms with E-state index in [-0.39, 0.29) is 0 Å². The molecule has 1 aliphatic carbocycles. The number of ether oxygens (including phenoxy) is 1. The molecule has 3 unspecified atom stereocenters. The van der Waals surface area contributed by atoms with Crippen LogP contribution in [0.5, 0.6) is 0 Å². The maximum atomic E-state index is 11.5. The number of carbonyl (C=O) groups is 1. The molecule has 1 saturated carbocycles. The van der Waals surface area contributed by atoms with Gasteiger partial charge < -0.3 is 15.2 Å². The van der Waals surface area contributed by atoms with E-state index >= 15 is 0 Å². The first kappa shape index (κ1) is 15.7. The first-order valence-electron chi connectivity index (χ1n) is 7.89. The highest BCUT2D eigenvalue weighted by molar-refractivity contribution is 5.79. The zero-order valence-corrected chi connectivity index (χ0v) is 12.7. The highest BCUT2D eigenvalue weighted by Gasteiger charge is 2.46. The molecule has 5 nitrogen and oxygen atoms in total. The Bertz CT molecular complexity index is 337. The number of likely N-dealkylation sites (tertiary alicyclic amines) is 1. The van der Waals surface area contributed by atoms with Gasteiger partial charge in [0.05, 0.1) is 6.10 Å². The van der Waals surface area contributed by atoms with E-state index in [9.17, 15) is 9.90 Å². The average molecular weight is 284 g/mol. The smallest absolute Gasteiger partial charge is 0.323 e. The summed E-state index contributed by atoms with van der Waals surface area (Å²) in [5.41, 5.74) is -0.720. The summed E-state index contributed by atoms with van der Waals surface area (Å²) in [5, 5.41) is 12.5. The first-order chi connectivity index (χ1) is 9.61. The lowest BCUT2D eigenvalue weighted by atomic mass is 9.97. The summed E-state index contributed by atoms with van der Waals surface area (Å²) >= 11 is 0. The number of likely N-dealkylation sites (N-methyl/N-ethyl adjacent to an activating group) is 1. The maximum absolute atomic E-state index is 11.5. The number of carboxylic acids is 1. The molecule has 0 aromatic carbocycles. The Labute approximate surface area is 121 Å². The SMILES string of the molecule is CCCOC1CCCN(C2CCC(NC)(C(=O)O)C2)C1. The number of piperidine rings is 1. The number of rotatable bonds is 6. The van der Waals surface area contributed by atoms with Gasteiger partial charge in [-0.3, -0.25) is 9.69 Å². The van der Waals surface area contributed by atoms with Gasteiger partial charge in [-0.15, -0.1) is 0 Å². The molecule has 0 amide bonds. The Balaban J connectivity index is 1.90. The van der Waals surface area contributed by atoms with E-state index in [0.29, 0.717) is 18.6 Å². The summed E-state index contributed by atoms with van der Waals surface area (Å²) in [6.45, 7) is 5.00. The van der Waals surface area contributed by atoms with Crippen LogP contribution in [0, 0.1) is 0 Å². The van der Waals surface area contributed by atoms with Crippen molar-refractivity contribution in [1.82, 2.24) is 10.2 Å². The van der Waals surface area contributed by atoms with Crippen LogP contribution in [0.1, 0.15) is 45.4 Å². The Morgan fingerprint density at radius 2 is 2.30 bits per heavy atom. The van der Waals surface area contributed by atoms with Crippen LogP contribution in [-0.2, 0) is 9.53 Å². The van der Waals surface area contributed by atoms with E-state index in [4.69, 9.17) is 4.74 Å². The van der Waals surface area contributed by atoms with Gasteiger partial charge in [0.2, 0.25) is 0 Å². The lowest BCUT2D eigenvalue weighted by Gasteiger charge is -2.37. The number of hydrogen-bond donors (Lipinski definition) is 2. The highest BCUT2D eigenvalue weighted by Crippen LogP contribution is 2.34. The number of nitrogens with zero attached hydrogens (tertiary/aromatic N) is 1. The van der Waals surface area contributed by atoms with Gasteiger partial charge in [-0.2, -0.15) is 0 Å². The van der Waals surface area contributed by atoms with E-state index in [1.54, 1.807) is 7.05 Å². The molecule has 20 heavy (non-hydrogen) atoms. The van der Waals surface area contributed by atoms with Crippen molar-refractivity contribution < 1.29 is 14.6 Å². The third kappa shape index (κ3) is 3.32. The van der Waals surface area contributed by atoms with Crippen molar-refractivity contribution in [3.8, 4) is 0 Å². The third-order valence-electron chi connectivity index (χ3n) is 4.86. The minimum absolute atomic E-state index is 0.332. The van der Waals surface area contributed by atoms with Gasteiger partial charge in [0, 0.05) is 19.2 Å². The van der Waals surface area contributed by atoms with Crippen molar-refractivity contribution in [2.75, 3.05) is 26.7 Å². The van der Waals surface area contributed by atoms with Crippen molar-refractivity contribution >= 4 is 5.97 Å². The molecule has 0 bridgehead atoms. The van der Waals surface area contributed by atoms with Crippen molar-refractivity contribution in [3.63, 3.8) is 0 Å². The van der Waals surface area contributed by atoms with Gasteiger partial charge in [0.1, 0.15) is 5.54 Å². The molecule has 2 fully saturated rings. The lowest BCUT2D eigenvalue weighted by Crippen LogP contribution is -2.51. The highest BCUT2D eigenvalue weighted by atomic mass is 16.5. The molecular weight excluding hydrogens is 256 g/mol. The normalized spacial score (nSPS) is 35.3. The minimum Gasteiger partial charge on any atom is -0.480 e. The molecule has 1 heterocycles. The second kappa shape index (κ2) is 6.87. The number of carboxylic acid groups (broad SMARTS) is 1. The monoisotopic (exact) mass is 284 g/mol. The summed E-state index contributed by atoms with van der Waals surface area (Å²) in [4.78, 5) is 13.9. The molecule has 0 spiro atoms. The summed E-state index contributed by atoms with van der Waals surface area (Å²) in [7, 11) is 1.76. The molecule has 0 aromatic rings. The average Bonchev–Trinajstić information content (AvgIpc) is 2.91. The second-order valence-electron chi connectivity index (χ2n) is 6.16. The Hall–Kier alpha value is -0.650. The number of nitrogens with one attached hydrogen (secondary N) is 1. The van der Waals surface area contributed by atoms with Gasteiger partial charge in [-0.1, -0.05) is 6.92 Å². The van der Waals surface area contributed by atoms with Crippen molar-refractivity contribution in [2.45, 2.75) is 63.1 Å². The van der Waals surface area contributed by atoms with Gasteiger partial charge in [-0.25, -0.2) is 0 Å². The van der Waals surface area contributed by atoms with Gasteiger partial charge in [-0.05, 0) is 52.1 Å². The molecule has 2 rings (SSSR count). The summed E-state index contributed by atoms with van der Waals surface area (Å²) < 4.78 is 5.87. The summed E-state index contributed by atoms with van der Waals surface area (Å²) in [5.74, 6) is -0.710. The van der Waals surface area contributed by atoms with E-state index in [1.807, 2.05) is 0 Å². The molecule has 2 aliphatic rings. The number of aliphatic carboxylic acids is 1. The Kier molecular flexibility index (Phi) is 5.41. The standard InChI is InChI=1S/C15H28N2O3/c1-3-9-20-13-5-4-8-17(11-13)12-6-7-15(10-12,16-2)14(18)19/h12-13,16H,3-11H2,1-2H3,(H,18,19). The molecule has 2 N–H and O–H groups in total. The molecule has 1 aliphatic heterocycles. The van der Waals surface area contributed by atoms with Crippen molar-refractivity contribution in [2.24, 2.45) is 0 Å². The summed E-state index contributed by atoms with van der Waals surface area (Å²) in [6.07, 6.45) is 6.08. The molecule has 5 heteroatoms. The molecular formula is C15H28N2O3. The molecule has 0 aromatic heterocycles. The zero-order valence-electron chi connectivity index (χ0n) is 12.7. The van der Waals surface area contributed by atoms with Crippen LogP contribution in [0.3, 0.4) is 0 Å². The fraction of sp³-hybridized carbons (Fsp3) is 0.933. The van der Waals surface area contributed by atoms with E-state index < -0.39 is 11.5 Å². The second-order valence-corrected chi connectivity index (χ2v) is 6.16. The van der Waals surface area contributed by atoms with Crippen LogP contribution >= 0.6 is 0 Å². The molecule has 3 atom stereocenters. The van der Waals surface area contributed by atoms with E-state index in [1.165, 1.54) is 0 Å². The zero-order chi connectivity index (χ0) is 14.6. The fourth-order valence-electron chi connectivity index (χ4n) is 3.58. The topological polar surface area (TPSA) is 61.8 Å². The van der Waals surface area contributed by atoms with Crippen LogP contribution in [-0.4, -0.2) is 60.4 Å². The van der Waals surface area contributed by atoms with Crippen molar-refractivity contribution in [1.29, 1.82) is 0 Å².